The van der Waals surface area contributed by atoms with Crippen molar-refractivity contribution in [2.24, 2.45) is 0 Å². The fourth-order valence-electron chi connectivity index (χ4n) is 0.641. The van der Waals surface area contributed by atoms with E-state index in [-0.39, 0.29) is 11.1 Å². The summed E-state index contributed by atoms with van der Waals surface area (Å²) in [7, 11) is -5.02. The van der Waals surface area contributed by atoms with Gasteiger partial charge >= 0.3 is 19.8 Å². The van der Waals surface area contributed by atoms with Crippen LogP contribution in [0.1, 0.15) is 13.8 Å². The highest BCUT2D eigenvalue weighted by Crippen LogP contribution is 2.51. The smallest absolute Gasteiger partial charge is 0.393 e. The van der Waals surface area contributed by atoms with Crippen molar-refractivity contribution >= 4 is 19.8 Å². The molecule has 0 aromatic rings. The maximum absolute atomic E-state index is 12.1. The minimum absolute atomic E-state index is 0.147. The van der Waals surface area contributed by atoms with E-state index in [0.717, 1.165) is 0 Å². The Hall–Kier alpha value is -1.59. The summed E-state index contributed by atoms with van der Waals surface area (Å²) in [5, 5.41) is 27.1. The summed E-state index contributed by atoms with van der Waals surface area (Å²) >= 11 is 0. The summed E-state index contributed by atoms with van der Waals surface area (Å²) in [6, 6.07) is 0. The topological polar surface area (TPSA) is 158 Å². The maximum Gasteiger partial charge on any atom is 0.549 e. The fraction of sp³-hybridized carbons (Fsp3) is 0.455. The van der Waals surface area contributed by atoms with E-state index in [1.165, 1.54) is 13.8 Å². The number of phosphoric acid groups is 1. The first-order valence-corrected chi connectivity index (χ1v) is 7.36. The van der Waals surface area contributed by atoms with E-state index < -0.39 is 38.8 Å². The van der Waals surface area contributed by atoms with E-state index in [1.54, 1.807) is 0 Å². The molecule has 0 amide bonds. The van der Waals surface area contributed by atoms with E-state index in [0.29, 0.717) is 0 Å². The second kappa shape index (κ2) is 9.53. The number of carbonyl (C=O) groups excluding carboxylic acids is 2. The Kier molecular flexibility index (Phi) is 8.87. The average molecular weight is 356 g/mol. The molecular weight excluding hydrogens is 339 g/mol. The van der Waals surface area contributed by atoms with Crippen LogP contribution in [0.5, 0.6) is 0 Å². The monoisotopic (exact) mass is 356 g/mol. The van der Waals surface area contributed by atoms with E-state index >= 15 is 0 Å². The molecule has 0 aliphatic rings. The standard InChI is InChI=1S/C11H17O11P/c1-6(2)9(14)18-21-23(17,20-11(16)8(13)5-12)22-19-10(15)7(3)4/h8,11-13,16H,1,3,5H2,2,4H3. The molecule has 0 bridgehead atoms. The van der Waals surface area contributed by atoms with Crippen molar-refractivity contribution in [2.45, 2.75) is 26.2 Å². The summed E-state index contributed by atoms with van der Waals surface area (Å²) in [4.78, 5) is 30.4. The summed E-state index contributed by atoms with van der Waals surface area (Å²) in [6.07, 6.45) is -4.18. The summed E-state index contributed by atoms with van der Waals surface area (Å²) in [5.74, 6) is -2.33. The van der Waals surface area contributed by atoms with Crippen molar-refractivity contribution in [2.75, 3.05) is 6.61 Å². The van der Waals surface area contributed by atoms with Crippen molar-refractivity contribution in [3.05, 3.63) is 24.3 Å². The average Bonchev–Trinajstić information content (AvgIpc) is 2.49. The molecule has 0 rings (SSSR count). The molecule has 23 heavy (non-hydrogen) atoms. The summed E-state index contributed by atoms with van der Waals surface area (Å²) in [5.41, 5.74) is -0.294. The van der Waals surface area contributed by atoms with Crippen LogP contribution < -0.4 is 0 Å². The molecule has 0 heterocycles. The van der Waals surface area contributed by atoms with Gasteiger partial charge in [-0.05, 0) is 13.8 Å². The Balaban J connectivity index is 4.99. The van der Waals surface area contributed by atoms with Crippen LogP contribution in [0.2, 0.25) is 0 Å². The van der Waals surface area contributed by atoms with Gasteiger partial charge in [-0.15, -0.1) is 0 Å². The fourth-order valence-corrected chi connectivity index (χ4v) is 1.46. The molecule has 0 aliphatic heterocycles. The highest BCUT2D eigenvalue weighted by Gasteiger charge is 2.39. The second-order valence-electron chi connectivity index (χ2n) is 4.14. The zero-order chi connectivity index (χ0) is 18.2. The normalized spacial score (nSPS) is 13.8. The number of aliphatic hydroxyl groups excluding tert-OH is 3. The van der Waals surface area contributed by atoms with Crippen LogP contribution in [-0.4, -0.2) is 46.3 Å². The zero-order valence-corrected chi connectivity index (χ0v) is 13.2. The molecule has 0 aromatic heterocycles. The third-order valence-corrected chi connectivity index (χ3v) is 2.85. The van der Waals surface area contributed by atoms with Crippen molar-refractivity contribution in [1.82, 2.24) is 0 Å². The van der Waals surface area contributed by atoms with Gasteiger partial charge in [-0.3, -0.25) is 9.78 Å². The Morgan fingerprint density at radius 2 is 1.43 bits per heavy atom. The largest absolute Gasteiger partial charge is 0.549 e. The van der Waals surface area contributed by atoms with Gasteiger partial charge in [-0.1, -0.05) is 22.5 Å². The lowest BCUT2D eigenvalue weighted by Crippen LogP contribution is -2.31. The van der Waals surface area contributed by atoms with Gasteiger partial charge in [-0.25, -0.2) is 18.7 Å². The minimum Gasteiger partial charge on any atom is -0.393 e. The Morgan fingerprint density at radius 1 is 1.04 bits per heavy atom. The van der Waals surface area contributed by atoms with Gasteiger partial charge < -0.3 is 15.3 Å². The van der Waals surface area contributed by atoms with Gasteiger partial charge in [0.05, 0.1) is 6.61 Å². The number of rotatable bonds is 10. The van der Waals surface area contributed by atoms with Crippen LogP contribution in [0.25, 0.3) is 0 Å². The Labute approximate surface area is 131 Å². The third-order valence-electron chi connectivity index (χ3n) is 1.86. The highest BCUT2D eigenvalue weighted by molar-refractivity contribution is 7.48. The van der Waals surface area contributed by atoms with E-state index in [2.05, 4.69) is 36.8 Å². The maximum atomic E-state index is 12.1. The molecule has 0 fully saturated rings. The lowest BCUT2D eigenvalue weighted by Gasteiger charge is -2.20. The number of aliphatic hydroxyl groups is 3. The van der Waals surface area contributed by atoms with Gasteiger partial charge in [-0.2, -0.15) is 0 Å². The Morgan fingerprint density at radius 3 is 1.74 bits per heavy atom. The van der Waals surface area contributed by atoms with E-state index in [4.69, 9.17) is 10.2 Å². The van der Waals surface area contributed by atoms with Gasteiger partial charge in [0.15, 0.2) is 6.29 Å². The van der Waals surface area contributed by atoms with Crippen LogP contribution in [0.15, 0.2) is 24.3 Å². The van der Waals surface area contributed by atoms with Crippen LogP contribution in [-0.2, 0) is 37.8 Å². The summed E-state index contributed by atoms with van der Waals surface area (Å²) < 4.78 is 24.5. The molecule has 0 aromatic carbocycles. The van der Waals surface area contributed by atoms with Gasteiger partial charge in [0, 0.05) is 11.1 Å². The molecule has 0 spiro atoms. The molecule has 132 valence electrons. The predicted molar refractivity (Wildman–Crippen MR) is 71.8 cm³/mol. The van der Waals surface area contributed by atoms with Crippen molar-refractivity contribution in [1.29, 1.82) is 0 Å². The highest BCUT2D eigenvalue weighted by atomic mass is 31.2. The number of hydrogen-bond donors (Lipinski definition) is 3. The SMILES string of the molecule is C=C(C)C(=O)OOP(=O)(OOC(=O)C(=C)C)OC(O)C(O)CO. The molecule has 12 heteroatoms. The lowest BCUT2D eigenvalue weighted by molar-refractivity contribution is -0.269. The third kappa shape index (κ3) is 8.00. The number of hydrogen-bond acceptors (Lipinski definition) is 11. The number of carbonyl (C=O) groups is 2. The molecule has 2 unspecified atom stereocenters. The second-order valence-corrected chi connectivity index (χ2v) is 5.55. The molecule has 0 saturated heterocycles. The van der Waals surface area contributed by atoms with Gasteiger partial charge in [0.1, 0.15) is 6.10 Å². The van der Waals surface area contributed by atoms with Crippen LogP contribution in [0, 0.1) is 0 Å². The van der Waals surface area contributed by atoms with Crippen molar-refractivity contribution in [3.63, 3.8) is 0 Å². The first-order chi connectivity index (χ1) is 10.5. The molecule has 0 saturated carbocycles. The van der Waals surface area contributed by atoms with Crippen LogP contribution >= 0.6 is 7.82 Å². The molecule has 11 nitrogen and oxygen atoms in total. The van der Waals surface area contributed by atoms with Crippen molar-refractivity contribution < 1.29 is 53.1 Å². The minimum atomic E-state index is -5.02. The predicted octanol–water partition coefficient (Wildman–Crippen LogP) is -0.116. The molecule has 2 atom stereocenters. The van der Waals surface area contributed by atoms with Crippen molar-refractivity contribution in [3.8, 4) is 0 Å². The zero-order valence-electron chi connectivity index (χ0n) is 12.3. The van der Waals surface area contributed by atoms with Gasteiger partial charge in [0.2, 0.25) is 0 Å². The molecule has 0 radical (unpaired) electrons. The van der Waals surface area contributed by atoms with Crippen LogP contribution in [0.3, 0.4) is 0 Å². The van der Waals surface area contributed by atoms with E-state index in [1.807, 2.05) is 0 Å². The van der Waals surface area contributed by atoms with Gasteiger partial charge in [0.25, 0.3) is 0 Å². The molecular formula is C11H17O11P. The quantitative estimate of drug-likeness (QED) is 0.157. The van der Waals surface area contributed by atoms with E-state index in [9.17, 15) is 19.3 Å². The summed E-state index contributed by atoms with van der Waals surface area (Å²) in [6.45, 7) is 7.93. The molecule has 3 N–H and O–H groups in total. The molecule has 0 aliphatic carbocycles. The van der Waals surface area contributed by atoms with Crippen LogP contribution in [0.4, 0.5) is 0 Å². The first-order valence-electron chi connectivity index (χ1n) is 5.90. The lowest BCUT2D eigenvalue weighted by atomic mass is 10.4. The Bertz CT molecular complexity index is 480. The first kappa shape index (κ1) is 21.4.